The molecule has 1 fully saturated rings. The van der Waals surface area contributed by atoms with Gasteiger partial charge in [-0.25, -0.2) is 0 Å². The summed E-state index contributed by atoms with van der Waals surface area (Å²) in [5.74, 6) is 0.257. The fourth-order valence-electron chi connectivity index (χ4n) is 2.89. The molecule has 0 spiro atoms. The minimum atomic E-state index is 0.0936. The van der Waals surface area contributed by atoms with E-state index >= 15 is 0 Å². The van der Waals surface area contributed by atoms with Crippen molar-refractivity contribution in [1.29, 1.82) is 0 Å². The minimum absolute atomic E-state index is 0.0936. The number of carbonyl (C=O) groups is 1. The van der Waals surface area contributed by atoms with Crippen molar-refractivity contribution in [3.8, 4) is 10.4 Å². The number of nitrogens with two attached hydrogens (primary N) is 1. The largest absolute Gasteiger partial charge is 0.397 e. The molecular formula is C17H21N3OS. The molecule has 0 atom stereocenters. The highest BCUT2D eigenvalue weighted by molar-refractivity contribution is 7.13. The van der Waals surface area contributed by atoms with E-state index in [1.54, 1.807) is 16.2 Å². The van der Waals surface area contributed by atoms with Gasteiger partial charge in [-0.15, -0.1) is 11.3 Å². The van der Waals surface area contributed by atoms with Gasteiger partial charge in [0.25, 0.3) is 0 Å². The van der Waals surface area contributed by atoms with Crippen LogP contribution in [0.4, 0.5) is 11.4 Å². The molecule has 1 aromatic carbocycles. The number of piperidine rings is 1. The Balaban J connectivity index is 1.86. The normalized spacial score (nSPS) is 15.7. The highest BCUT2D eigenvalue weighted by Crippen LogP contribution is 2.32. The quantitative estimate of drug-likeness (QED) is 0.856. The van der Waals surface area contributed by atoms with Crippen LogP contribution >= 0.6 is 11.3 Å². The molecule has 1 saturated heterocycles. The van der Waals surface area contributed by atoms with E-state index in [9.17, 15) is 4.79 Å². The number of thiophene rings is 1. The first-order valence-corrected chi connectivity index (χ1v) is 8.46. The van der Waals surface area contributed by atoms with Gasteiger partial charge in [-0.2, -0.15) is 0 Å². The SMILES string of the molecule is CN(C(=O)C1CCNCC1)c1cc(-c2cccs2)ccc1N. The smallest absolute Gasteiger partial charge is 0.229 e. The first-order chi connectivity index (χ1) is 10.7. The Morgan fingerprint density at radius 1 is 1.32 bits per heavy atom. The number of nitrogen functional groups attached to an aromatic ring is 1. The molecule has 1 aromatic heterocycles. The summed E-state index contributed by atoms with van der Waals surface area (Å²) in [6.45, 7) is 1.82. The monoisotopic (exact) mass is 315 g/mol. The van der Waals surface area contributed by atoms with Crippen molar-refractivity contribution in [3.05, 3.63) is 35.7 Å². The number of hydrogen-bond acceptors (Lipinski definition) is 4. The second-order valence-corrected chi connectivity index (χ2v) is 6.62. The number of nitrogens with zero attached hydrogens (tertiary/aromatic N) is 1. The Bertz CT molecular complexity index is 648. The molecular weight excluding hydrogens is 294 g/mol. The van der Waals surface area contributed by atoms with Gasteiger partial charge in [0.15, 0.2) is 0 Å². The van der Waals surface area contributed by atoms with Crippen molar-refractivity contribution in [3.63, 3.8) is 0 Å². The van der Waals surface area contributed by atoms with E-state index in [0.29, 0.717) is 5.69 Å². The fraction of sp³-hybridized carbons (Fsp3) is 0.353. The number of carbonyl (C=O) groups excluding carboxylic acids is 1. The second kappa shape index (κ2) is 6.50. The molecule has 2 aromatic rings. The van der Waals surface area contributed by atoms with Crippen LogP contribution in [0.2, 0.25) is 0 Å². The van der Waals surface area contributed by atoms with Gasteiger partial charge in [0.1, 0.15) is 0 Å². The predicted octanol–water partition coefficient (Wildman–Crippen LogP) is 2.96. The van der Waals surface area contributed by atoms with Crippen LogP contribution in [-0.2, 0) is 4.79 Å². The highest BCUT2D eigenvalue weighted by atomic mass is 32.1. The van der Waals surface area contributed by atoms with Gasteiger partial charge in [-0.3, -0.25) is 4.79 Å². The molecule has 0 saturated carbocycles. The summed E-state index contributed by atoms with van der Waals surface area (Å²) in [5, 5.41) is 5.34. The highest BCUT2D eigenvalue weighted by Gasteiger charge is 2.25. The molecule has 0 unspecified atom stereocenters. The van der Waals surface area contributed by atoms with Gasteiger partial charge in [0.05, 0.1) is 11.4 Å². The Labute approximate surface area is 134 Å². The van der Waals surface area contributed by atoms with E-state index in [4.69, 9.17) is 5.73 Å². The van der Waals surface area contributed by atoms with E-state index in [1.165, 1.54) is 4.88 Å². The third-order valence-corrected chi connectivity index (χ3v) is 5.14. The van der Waals surface area contributed by atoms with Crippen LogP contribution in [0.15, 0.2) is 35.7 Å². The maximum Gasteiger partial charge on any atom is 0.229 e. The molecule has 3 rings (SSSR count). The maximum absolute atomic E-state index is 12.7. The third-order valence-electron chi connectivity index (χ3n) is 4.22. The summed E-state index contributed by atoms with van der Waals surface area (Å²) >= 11 is 1.69. The molecule has 0 bridgehead atoms. The van der Waals surface area contributed by atoms with Crippen molar-refractivity contribution >= 4 is 28.6 Å². The van der Waals surface area contributed by atoms with Gasteiger partial charge in [-0.1, -0.05) is 12.1 Å². The van der Waals surface area contributed by atoms with Crippen molar-refractivity contribution < 1.29 is 4.79 Å². The summed E-state index contributed by atoms with van der Waals surface area (Å²) in [5.41, 5.74) is 8.65. The number of anilines is 2. The molecule has 22 heavy (non-hydrogen) atoms. The third kappa shape index (κ3) is 3.00. The van der Waals surface area contributed by atoms with Crippen LogP contribution in [0.25, 0.3) is 10.4 Å². The number of nitrogens with one attached hydrogen (secondary N) is 1. The molecule has 1 aliphatic heterocycles. The first kappa shape index (κ1) is 15.1. The number of amides is 1. The van der Waals surface area contributed by atoms with Crippen molar-refractivity contribution in [2.45, 2.75) is 12.8 Å². The standard InChI is InChI=1S/C17H21N3OS/c1-20(17(21)12-6-8-19-9-7-12)15-11-13(4-5-14(15)18)16-3-2-10-22-16/h2-5,10-12,19H,6-9,18H2,1H3. The van der Waals surface area contributed by atoms with Crippen molar-refractivity contribution in [2.24, 2.45) is 5.92 Å². The summed E-state index contributed by atoms with van der Waals surface area (Å²) in [4.78, 5) is 15.6. The predicted molar refractivity (Wildman–Crippen MR) is 93.2 cm³/mol. The molecule has 116 valence electrons. The lowest BCUT2D eigenvalue weighted by molar-refractivity contribution is -0.122. The molecule has 2 heterocycles. The lowest BCUT2D eigenvalue weighted by atomic mass is 9.96. The Kier molecular flexibility index (Phi) is 4.45. The molecule has 1 aliphatic rings. The van der Waals surface area contributed by atoms with Gasteiger partial charge < -0.3 is 16.0 Å². The first-order valence-electron chi connectivity index (χ1n) is 7.58. The fourth-order valence-corrected chi connectivity index (χ4v) is 3.62. The number of rotatable bonds is 3. The van der Waals surface area contributed by atoms with Crippen LogP contribution in [0, 0.1) is 5.92 Å². The lowest BCUT2D eigenvalue weighted by Crippen LogP contribution is -2.39. The van der Waals surface area contributed by atoms with Gasteiger partial charge in [0.2, 0.25) is 5.91 Å². The van der Waals surface area contributed by atoms with Crippen LogP contribution in [0.3, 0.4) is 0 Å². The van der Waals surface area contributed by atoms with E-state index in [1.807, 2.05) is 31.3 Å². The Morgan fingerprint density at radius 2 is 2.09 bits per heavy atom. The topological polar surface area (TPSA) is 58.4 Å². The van der Waals surface area contributed by atoms with Crippen LogP contribution in [0.5, 0.6) is 0 Å². The van der Waals surface area contributed by atoms with E-state index < -0.39 is 0 Å². The summed E-state index contributed by atoms with van der Waals surface area (Å²) in [7, 11) is 1.83. The lowest BCUT2D eigenvalue weighted by Gasteiger charge is -2.28. The zero-order valence-electron chi connectivity index (χ0n) is 12.7. The Morgan fingerprint density at radius 3 is 2.77 bits per heavy atom. The van der Waals surface area contributed by atoms with Crippen LogP contribution in [0.1, 0.15) is 12.8 Å². The average molecular weight is 315 g/mol. The van der Waals surface area contributed by atoms with E-state index in [0.717, 1.165) is 37.2 Å². The van der Waals surface area contributed by atoms with E-state index in [2.05, 4.69) is 16.8 Å². The summed E-state index contributed by atoms with van der Waals surface area (Å²) in [6.07, 6.45) is 1.79. The van der Waals surface area contributed by atoms with Crippen LogP contribution in [-0.4, -0.2) is 26.0 Å². The van der Waals surface area contributed by atoms with Gasteiger partial charge in [-0.05, 0) is 55.1 Å². The molecule has 1 amide bonds. The van der Waals surface area contributed by atoms with Gasteiger partial charge >= 0.3 is 0 Å². The summed E-state index contributed by atoms with van der Waals surface area (Å²) in [6, 6.07) is 10.0. The van der Waals surface area contributed by atoms with E-state index in [-0.39, 0.29) is 11.8 Å². The molecule has 5 heteroatoms. The summed E-state index contributed by atoms with van der Waals surface area (Å²) < 4.78 is 0. The molecule has 0 radical (unpaired) electrons. The Hall–Kier alpha value is -1.85. The van der Waals surface area contributed by atoms with Crippen molar-refractivity contribution in [1.82, 2.24) is 5.32 Å². The zero-order chi connectivity index (χ0) is 15.5. The minimum Gasteiger partial charge on any atom is -0.397 e. The zero-order valence-corrected chi connectivity index (χ0v) is 13.5. The molecule has 0 aliphatic carbocycles. The average Bonchev–Trinajstić information content (AvgIpc) is 3.09. The molecule has 3 N–H and O–H groups in total. The maximum atomic E-state index is 12.7. The number of benzene rings is 1. The molecule has 4 nitrogen and oxygen atoms in total. The van der Waals surface area contributed by atoms with Crippen molar-refractivity contribution in [2.75, 3.05) is 30.8 Å². The van der Waals surface area contributed by atoms with Gasteiger partial charge in [0, 0.05) is 17.8 Å². The second-order valence-electron chi connectivity index (χ2n) is 5.67. The number of hydrogen-bond donors (Lipinski definition) is 2. The van der Waals surface area contributed by atoms with Crippen LogP contribution < -0.4 is 16.0 Å².